The number of benzene rings is 1. The maximum absolute atomic E-state index is 13.2. The van der Waals surface area contributed by atoms with E-state index in [1.165, 1.54) is 37.8 Å². The number of hydrogen-bond acceptors (Lipinski definition) is 2. The van der Waals surface area contributed by atoms with Crippen LogP contribution in [0.5, 0.6) is 0 Å². The number of hydrogen-bond donors (Lipinski definition) is 3. The number of guanidine groups is 1. The Balaban J connectivity index is 1.65. The molecule has 1 aromatic rings. The molecule has 0 saturated heterocycles. The van der Waals surface area contributed by atoms with Crippen molar-refractivity contribution in [3.8, 4) is 0 Å². The van der Waals surface area contributed by atoms with Crippen molar-refractivity contribution in [3.05, 3.63) is 35.6 Å². The van der Waals surface area contributed by atoms with Gasteiger partial charge in [0.2, 0.25) is 5.91 Å². The second-order valence-corrected chi connectivity index (χ2v) is 6.77. The van der Waals surface area contributed by atoms with Crippen LogP contribution in [0.15, 0.2) is 29.3 Å². The van der Waals surface area contributed by atoms with Crippen LogP contribution in [-0.2, 0) is 11.2 Å². The highest BCUT2D eigenvalue weighted by Gasteiger charge is 2.17. The van der Waals surface area contributed by atoms with E-state index in [0.717, 1.165) is 12.1 Å². The molecule has 144 valence electrons. The molecule has 0 spiro atoms. The van der Waals surface area contributed by atoms with Crippen molar-refractivity contribution in [3.63, 3.8) is 0 Å². The molecule has 0 bridgehead atoms. The predicted molar refractivity (Wildman–Crippen MR) is 104 cm³/mol. The summed E-state index contributed by atoms with van der Waals surface area (Å²) in [5, 5.41) is 9.37. The number of aliphatic imine (C=N–C) groups is 1. The Hall–Kier alpha value is -2.11. The van der Waals surface area contributed by atoms with Crippen LogP contribution in [-0.4, -0.2) is 38.0 Å². The fraction of sp³-hybridized carbons (Fsp3) is 0.600. The second-order valence-electron chi connectivity index (χ2n) is 6.77. The van der Waals surface area contributed by atoms with Crippen molar-refractivity contribution >= 4 is 11.9 Å². The van der Waals surface area contributed by atoms with Crippen molar-refractivity contribution in [1.29, 1.82) is 0 Å². The first-order chi connectivity index (χ1) is 12.7. The molecule has 1 fully saturated rings. The van der Waals surface area contributed by atoms with E-state index in [0.29, 0.717) is 44.4 Å². The molecular weight excluding hydrogens is 331 g/mol. The van der Waals surface area contributed by atoms with Crippen LogP contribution in [0.4, 0.5) is 4.39 Å². The van der Waals surface area contributed by atoms with E-state index in [-0.39, 0.29) is 11.7 Å². The number of amides is 1. The van der Waals surface area contributed by atoms with Crippen LogP contribution in [0, 0.1) is 11.7 Å². The summed E-state index contributed by atoms with van der Waals surface area (Å²) in [6, 6.07) is 6.60. The van der Waals surface area contributed by atoms with Crippen molar-refractivity contribution in [1.82, 2.24) is 16.0 Å². The third-order valence-corrected chi connectivity index (χ3v) is 4.59. The molecule has 0 aliphatic heterocycles. The summed E-state index contributed by atoms with van der Waals surface area (Å²) in [7, 11) is 0. The van der Waals surface area contributed by atoms with Gasteiger partial charge in [0.25, 0.3) is 0 Å². The molecule has 0 aromatic heterocycles. The third kappa shape index (κ3) is 7.85. The van der Waals surface area contributed by atoms with Gasteiger partial charge in [0.05, 0.1) is 0 Å². The van der Waals surface area contributed by atoms with E-state index in [4.69, 9.17) is 0 Å². The Morgan fingerprint density at radius 3 is 2.69 bits per heavy atom. The molecule has 2 rings (SSSR count). The molecule has 3 N–H and O–H groups in total. The summed E-state index contributed by atoms with van der Waals surface area (Å²) in [5.41, 5.74) is 0.934. The van der Waals surface area contributed by atoms with Crippen molar-refractivity contribution in [2.24, 2.45) is 10.9 Å². The summed E-state index contributed by atoms with van der Waals surface area (Å²) in [4.78, 5) is 16.4. The fourth-order valence-electron chi connectivity index (χ4n) is 3.26. The molecule has 1 aliphatic carbocycles. The summed E-state index contributed by atoms with van der Waals surface area (Å²) < 4.78 is 13.2. The van der Waals surface area contributed by atoms with Crippen LogP contribution in [0.1, 0.15) is 44.6 Å². The maximum Gasteiger partial charge on any atom is 0.220 e. The zero-order valence-electron chi connectivity index (χ0n) is 15.7. The number of rotatable bonds is 9. The molecule has 5 nitrogen and oxygen atoms in total. The molecular formula is C20H31FN4O. The lowest BCUT2D eigenvalue weighted by Crippen LogP contribution is -2.41. The molecule has 1 amide bonds. The van der Waals surface area contributed by atoms with Gasteiger partial charge in [-0.25, -0.2) is 4.39 Å². The van der Waals surface area contributed by atoms with Crippen LogP contribution >= 0.6 is 0 Å². The fourth-order valence-corrected chi connectivity index (χ4v) is 3.26. The Morgan fingerprint density at radius 2 is 1.96 bits per heavy atom. The molecule has 1 aromatic carbocycles. The van der Waals surface area contributed by atoms with Gasteiger partial charge in [-0.2, -0.15) is 0 Å². The van der Waals surface area contributed by atoms with Gasteiger partial charge in [0.15, 0.2) is 5.96 Å². The summed E-state index contributed by atoms with van der Waals surface area (Å²) in [5.74, 6) is 1.22. The zero-order valence-corrected chi connectivity index (χ0v) is 15.7. The first-order valence-electron chi connectivity index (χ1n) is 9.70. The van der Waals surface area contributed by atoms with Gasteiger partial charge in [-0.05, 0) is 49.8 Å². The Bertz CT molecular complexity index is 585. The van der Waals surface area contributed by atoms with Crippen LogP contribution in [0.3, 0.4) is 0 Å². The largest absolute Gasteiger partial charge is 0.357 e. The Labute approximate surface area is 155 Å². The smallest absolute Gasteiger partial charge is 0.220 e. The summed E-state index contributed by atoms with van der Waals surface area (Å²) in [6.07, 6.45) is 6.24. The number of halogens is 1. The van der Waals surface area contributed by atoms with E-state index in [1.54, 1.807) is 6.07 Å². The highest BCUT2D eigenvalue weighted by molar-refractivity contribution is 5.80. The lowest BCUT2D eigenvalue weighted by molar-refractivity contribution is -0.121. The first kappa shape index (κ1) is 20.2. The molecule has 26 heavy (non-hydrogen) atoms. The summed E-state index contributed by atoms with van der Waals surface area (Å²) >= 11 is 0. The van der Waals surface area contributed by atoms with Gasteiger partial charge in [-0.3, -0.25) is 9.79 Å². The molecule has 0 heterocycles. The van der Waals surface area contributed by atoms with Crippen molar-refractivity contribution in [2.75, 3.05) is 26.2 Å². The molecule has 0 atom stereocenters. The molecule has 1 saturated carbocycles. The lowest BCUT2D eigenvalue weighted by atomic mass is 10.0. The van der Waals surface area contributed by atoms with E-state index in [9.17, 15) is 9.18 Å². The quantitative estimate of drug-likeness (QED) is 0.359. The Kier molecular flexibility index (Phi) is 8.93. The van der Waals surface area contributed by atoms with Gasteiger partial charge in [-0.15, -0.1) is 0 Å². The van der Waals surface area contributed by atoms with Gasteiger partial charge in [0.1, 0.15) is 5.82 Å². The molecule has 1 aliphatic rings. The second kappa shape index (κ2) is 11.5. The minimum atomic E-state index is -0.218. The molecule has 0 unspecified atom stereocenters. The maximum atomic E-state index is 13.2. The van der Waals surface area contributed by atoms with E-state index in [2.05, 4.69) is 20.9 Å². The van der Waals surface area contributed by atoms with Crippen LogP contribution in [0.25, 0.3) is 0 Å². The topological polar surface area (TPSA) is 65.5 Å². The highest BCUT2D eigenvalue weighted by Crippen LogP contribution is 2.27. The zero-order chi connectivity index (χ0) is 18.6. The normalized spacial score (nSPS) is 15.1. The molecule has 6 heteroatoms. The van der Waals surface area contributed by atoms with Crippen LogP contribution in [0.2, 0.25) is 0 Å². The average Bonchev–Trinajstić information content (AvgIpc) is 3.11. The van der Waals surface area contributed by atoms with Gasteiger partial charge in [-0.1, -0.05) is 25.0 Å². The average molecular weight is 362 g/mol. The van der Waals surface area contributed by atoms with Gasteiger partial charge < -0.3 is 16.0 Å². The standard InChI is InChI=1S/C20H31FN4O/c1-2-22-20(24-11-10-17-8-5-9-18(21)14-17)25-13-12-23-19(26)15-16-6-3-4-7-16/h5,8-9,14,16H,2-4,6-7,10-13,15H2,1H3,(H,23,26)(H2,22,24,25). The number of carbonyl (C=O) groups excluding carboxylic acids is 1. The third-order valence-electron chi connectivity index (χ3n) is 4.59. The van der Waals surface area contributed by atoms with Crippen molar-refractivity contribution < 1.29 is 9.18 Å². The predicted octanol–water partition coefficient (Wildman–Crippen LogP) is 2.62. The van der Waals surface area contributed by atoms with E-state index < -0.39 is 0 Å². The Morgan fingerprint density at radius 1 is 1.19 bits per heavy atom. The van der Waals surface area contributed by atoms with Crippen molar-refractivity contribution in [2.45, 2.75) is 45.4 Å². The molecule has 0 radical (unpaired) electrons. The minimum absolute atomic E-state index is 0.145. The van der Waals surface area contributed by atoms with Crippen LogP contribution < -0.4 is 16.0 Å². The first-order valence-corrected chi connectivity index (χ1v) is 9.70. The minimum Gasteiger partial charge on any atom is -0.357 e. The number of nitrogens with one attached hydrogen (secondary N) is 3. The van der Waals surface area contributed by atoms with E-state index in [1.807, 2.05) is 13.0 Å². The van der Waals surface area contributed by atoms with Gasteiger partial charge >= 0.3 is 0 Å². The monoisotopic (exact) mass is 362 g/mol. The number of carbonyl (C=O) groups is 1. The van der Waals surface area contributed by atoms with E-state index >= 15 is 0 Å². The lowest BCUT2D eigenvalue weighted by Gasteiger charge is -2.13. The SMILES string of the molecule is CCNC(=NCCc1cccc(F)c1)NCCNC(=O)CC1CCCC1. The number of nitrogens with zero attached hydrogens (tertiary/aromatic N) is 1. The van der Waals surface area contributed by atoms with Gasteiger partial charge in [0, 0.05) is 32.6 Å². The highest BCUT2D eigenvalue weighted by atomic mass is 19.1. The summed E-state index contributed by atoms with van der Waals surface area (Å²) in [6.45, 7) is 4.56.